The number of nitro groups is 1. The summed E-state index contributed by atoms with van der Waals surface area (Å²) in [5.41, 5.74) is 0.144. The second-order valence-corrected chi connectivity index (χ2v) is 8.66. The molecule has 2 rings (SSSR count). The number of rotatable bonds is 10. The highest BCUT2D eigenvalue weighted by Gasteiger charge is 2.22. The third-order valence-corrected chi connectivity index (χ3v) is 6.31. The van der Waals surface area contributed by atoms with Crippen molar-refractivity contribution in [3.8, 4) is 0 Å². The van der Waals surface area contributed by atoms with E-state index in [-0.39, 0.29) is 23.1 Å². The number of thiazole rings is 1. The molecule has 31 heavy (non-hydrogen) atoms. The molecule has 0 aliphatic carbocycles. The van der Waals surface area contributed by atoms with Gasteiger partial charge in [0.25, 0.3) is 5.69 Å². The minimum atomic E-state index is -4.18. The fraction of sp³-hybridized carbons (Fsp3) is 0.353. The van der Waals surface area contributed by atoms with Crippen LogP contribution in [0.15, 0.2) is 28.5 Å². The van der Waals surface area contributed by atoms with Crippen LogP contribution in [0.2, 0.25) is 0 Å². The van der Waals surface area contributed by atoms with E-state index in [1.54, 1.807) is 12.3 Å². The number of esters is 1. The van der Waals surface area contributed by atoms with Crippen molar-refractivity contribution in [2.24, 2.45) is 0 Å². The Balaban J connectivity index is 1.97. The maximum absolute atomic E-state index is 12.4. The Morgan fingerprint density at radius 1 is 1.35 bits per heavy atom. The van der Waals surface area contributed by atoms with Crippen LogP contribution in [0.5, 0.6) is 0 Å². The van der Waals surface area contributed by atoms with E-state index >= 15 is 0 Å². The number of amides is 1. The molecule has 2 N–H and O–H groups in total. The van der Waals surface area contributed by atoms with Crippen LogP contribution in [0.25, 0.3) is 0 Å². The molecule has 0 aliphatic heterocycles. The van der Waals surface area contributed by atoms with Crippen LogP contribution in [0, 0.1) is 10.1 Å². The first-order chi connectivity index (χ1) is 14.6. The maximum atomic E-state index is 12.4. The van der Waals surface area contributed by atoms with E-state index in [2.05, 4.69) is 10.3 Å². The molecule has 12 nitrogen and oxygen atoms in total. The number of nitrogens with zero attached hydrogens (tertiary/aromatic N) is 3. The van der Waals surface area contributed by atoms with Crippen molar-refractivity contribution < 1.29 is 27.7 Å². The van der Waals surface area contributed by atoms with Gasteiger partial charge < -0.3 is 10.1 Å². The van der Waals surface area contributed by atoms with E-state index in [1.807, 2.05) is 4.72 Å². The van der Waals surface area contributed by atoms with Crippen molar-refractivity contribution in [1.82, 2.24) is 9.71 Å². The molecule has 0 saturated heterocycles. The van der Waals surface area contributed by atoms with E-state index in [0.717, 1.165) is 6.07 Å². The molecule has 0 radical (unpaired) electrons. The number of aromatic nitrogens is 1. The van der Waals surface area contributed by atoms with Gasteiger partial charge in [0.05, 0.1) is 15.5 Å². The van der Waals surface area contributed by atoms with Crippen LogP contribution in [-0.2, 0) is 31.0 Å². The van der Waals surface area contributed by atoms with E-state index < -0.39 is 33.1 Å². The maximum Gasteiger partial charge on any atom is 0.321 e. The predicted molar refractivity (Wildman–Crippen MR) is 113 cm³/mol. The highest BCUT2D eigenvalue weighted by Crippen LogP contribution is 2.27. The number of sulfonamides is 1. The van der Waals surface area contributed by atoms with Gasteiger partial charge in [0.2, 0.25) is 15.9 Å². The van der Waals surface area contributed by atoms with Crippen molar-refractivity contribution >= 4 is 49.7 Å². The molecular weight excluding hydrogens is 450 g/mol. The summed E-state index contributed by atoms with van der Waals surface area (Å²) in [6.45, 7) is 2.79. The zero-order chi connectivity index (χ0) is 23.2. The van der Waals surface area contributed by atoms with Gasteiger partial charge in [-0.15, -0.1) is 11.3 Å². The van der Waals surface area contributed by atoms with Gasteiger partial charge in [-0.2, -0.15) is 4.72 Å². The second-order valence-electron chi connectivity index (χ2n) is 6.06. The average Bonchev–Trinajstić information content (AvgIpc) is 3.19. The summed E-state index contributed by atoms with van der Waals surface area (Å²) in [4.78, 5) is 39.2. The van der Waals surface area contributed by atoms with Gasteiger partial charge in [-0.25, -0.2) is 13.4 Å². The van der Waals surface area contributed by atoms with E-state index in [9.17, 15) is 28.1 Å². The largest absolute Gasteiger partial charge is 0.458 e. The summed E-state index contributed by atoms with van der Waals surface area (Å²) in [5.74, 6) is -1.03. The first kappa shape index (κ1) is 24.2. The number of carbonyl (C=O) groups is 2. The second kappa shape index (κ2) is 10.3. The Morgan fingerprint density at radius 3 is 2.65 bits per heavy atom. The number of hydrogen-bond acceptors (Lipinski definition) is 10. The van der Waals surface area contributed by atoms with Gasteiger partial charge >= 0.3 is 5.97 Å². The summed E-state index contributed by atoms with van der Waals surface area (Å²) in [6, 6.07) is 3.33. The lowest BCUT2D eigenvalue weighted by molar-refractivity contribution is -0.384. The SMILES string of the molecule is CCN(C(C)=O)c1nc(COC(=O)CNS(=O)(=O)c2ccc(NC)c([N+](=O)[O-])c2)cs1. The summed E-state index contributed by atoms with van der Waals surface area (Å²) in [6.07, 6.45) is 0. The lowest BCUT2D eigenvalue weighted by Gasteiger charge is -2.14. The fourth-order valence-corrected chi connectivity index (χ4v) is 4.37. The van der Waals surface area contributed by atoms with Crippen molar-refractivity contribution in [3.05, 3.63) is 39.4 Å². The van der Waals surface area contributed by atoms with Crippen LogP contribution in [0.3, 0.4) is 0 Å². The smallest absolute Gasteiger partial charge is 0.321 e. The molecular formula is C17H21N5O7S2. The highest BCUT2D eigenvalue weighted by molar-refractivity contribution is 7.89. The third kappa shape index (κ3) is 6.19. The number of anilines is 2. The third-order valence-electron chi connectivity index (χ3n) is 4.00. The van der Waals surface area contributed by atoms with Gasteiger partial charge in [0.1, 0.15) is 18.8 Å². The van der Waals surface area contributed by atoms with E-state index in [4.69, 9.17) is 4.74 Å². The van der Waals surface area contributed by atoms with E-state index in [0.29, 0.717) is 17.4 Å². The lowest BCUT2D eigenvalue weighted by atomic mass is 10.3. The van der Waals surface area contributed by atoms with Gasteiger partial charge in [-0.3, -0.25) is 24.6 Å². The zero-order valence-corrected chi connectivity index (χ0v) is 18.6. The number of hydrogen-bond donors (Lipinski definition) is 2. The number of nitrogens with one attached hydrogen (secondary N) is 2. The fourth-order valence-electron chi connectivity index (χ4n) is 2.46. The molecule has 168 valence electrons. The number of benzene rings is 1. The molecule has 0 fully saturated rings. The van der Waals surface area contributed by atoms with Gasteiger partial charge in [0, 0.05) is 32.0 Å². The van der Waals surface area contributed by atoms with Crippen LogP contribution in [0.4, 0.5) is 16.5 Å². The topological polar surface area (TPSA) is 161 Å². The molecule has 0 aliphatic rings. The standard InChI is InChI=1S/C17H21N5O7S2/c1-4-21(11(2)23)17-20-12(10-30-17)9-29-16(24)8-19-31(27,28)13-5-6-14(18-3)15(7-13)22(25)26/h5-7,10,18-19H,4,8-9H2,1-3H3. The molecule has 0 spiro atoms. The summed E-state index contributed by atoms with van der Waals surface area (Å²) >= 11 is 1.21. The quantitative estimate of drug-likeness (QED) is 0.297. The van der Waals surface area contributed by atoms with Crippen LogP contribution in [0.1, 0.15) is 19.5 Å². The van der Waals surface area contributed by atoms with E-state index in [1.165, 1.54) is 42.3 Å². The Kier molecular flexibility index (Phi) is 8.01. The van der Waals surface area contributed by atoms with Crippen molar-refractivity contribution in [3.63, 3.8) is 0 Å². The molecule has 14 heteroatoms. The van der Waals surface area contributed by atoms with Crippen LogP contribution in [-0.4, -0.2) is 50.3 Å². The van der Waals surface area contributed by atoms with Gasteiger partial charge in [0.15, 0.2) is 5.13 Å². The monoisotopic (exact) mass is 471 g/mol. The Hall–Kier alpha value is -3.10. The number of ether oxygens (including phenoxy) is 1. The van der Waals surface area contributed by atoms with Gasteiger partial charge in [-0.1, -0.05) is 0 Å². The Morgan fingerprint density at radius 2 is 2.06 bits per heavy atom. The van der Waals surface area contributed by atoms with Crippen molar-refractivity contribution in [2.45, 2.75) is 25.3 Å². The molecule has 0 atom stereocenters. The molecule has 2 aromatic rings. The summed E-state index contributed by atoms with van der Waals surface area (Å²) in [5, 5.41) is 15.8. The van der Waals surface area contributed by atoms with Crippen molar-refractivity contribution in [1.29, 1.82) is 0 Å². The normalized spacial score (nSPS) is 11.1. The molecule has 1 aromatic heterocycles. The number of nitro benzene ring substituents is 1. The van der Waals surface area contributed by atoms with Crippen molar-refractivity contribution in [2.75, 3.05) is 30.4 Å². The zero-order valence-electron chi connectivity index (χ0n) is 16.9. The first-order valence-corrected chi connectivity index (χ1v) is 11.3. The minimum Gasteiger partial charge on any atom is -0.458 e. The average molecular weight is 472 g/mol. The summed E-state index contributed by atoms with van der Waals surface area (Å²) in [7, 11) is -2.71. The molecule has 0 bridgehead atoms. The molecule has 1 amide bonds. The molecule has 0 saturated carbocycles. The summed E-state index contributed by atoms with van der Waals surface area (Å²) < 4.78 is 31.7. The molecule has 0 unspecified atom stereocenters. The van der Waals surface area contributed by atoms with Crippen LogP contribution < -0.4 is 14.9 Å². The number of carbonyl (C=O) groups excluding carboxylic acids is 2. The first-order valence-electron chi connectivity index (χ1n) is 8.93. The minimum absolute atomic E-state index is 0.150. The van der Waals surface area contributed by atoms with Gasteiger partial charge in [-0.05, 0) is 19.1 Å². The highest BCUT2D eigenvalue weighted by atomic mass is 32.2. The predicted octanol–water partition coefficient (Wildman–Crippen LogP) is 1.49. The molecule has 1 aromatic carbocycles. The Labute approximate surface area is 182 Å². The Bertz CT molecular complexity index is 1080. The van der Waals surface area contributed by atoms with Crippen LogP contribution >= 0.6 is 11.3 Å². The lowest BCUT2D eigenvalue weighted by Crippen LogP contribution is -2.30. The molecule has 1 heterocycles.